The molecule has 1 aliphatic heterocycles. The van der Waals surface area contributed by atoms with Gasteiger partial charge in [0.25, 0.3) is 11.8 Å². The molecule has 3 aromatic rings. The molecule has 1 fully saturated rings. The monoisotopic (exact) mass is 444 g/mol. The summed E-state index contributed by atoms with van der Waals surface area (Å²) in [6, 6.07) is 15.2. The quantitative estimate of drug-likeness (QED) is 0.578. The lowest BCUT2D eigenvalue weighted by atomic mass is 10.2. The molecule has 0 radical (unpaired) electrons. The maximum atomic E-state index is 12.6. The Morgan fingerprint density at radius 1 is 1.07 bits per heavy atom. The number of methoxy groups -OCH3 is 1. The maximum absolute atomic E-state index is 12.6. The Labute approximate surface area is 184 Å². The van der Waals surface area contributed by atoms with E-state index in [0.717, 1.165) is 41.8 Å². The Balaban J connectivity index is 1.33. The van der Waals surface area contributed by atoms with Crippen LogP contribution in [0.2, 0.25) is 5.02 Å². The van der Waals surface area contributed by atoms with Gasteiger partial charge in [0.2, 0.25) is 0 Å². The van der Waals surface area contributed by atoms with E-state index < -0.39 is 0 Å². The van der Waals surface area contributed by atoms with Gasteiger partial charge in [0, 0.05) is 36.8 Å². The van der Waals surface area contributed by atoms with Gasteiger partial charge in [0.15, 0.2) is 6.61 Å². The molecule has 9 heteroatoms. The van der Waals surface area contributed by atoms with Crippen LogP contribution in [0.5, 0.6) is 11.6 Å². The van der Waals surface area contributed by atoms with Crippen LogP contribution in [0.4, 0.5) is 5.69 Å². The number of hydrogen-bond donors (Lipinski definition) is 0. The molecule has 2 aromatic carbocycles. The number of piperazine rings is 1. The Hall–Kier alpha value is -2.84. The molecular weight excluding hydrogens is 424 g/mol. The standard InChI is InChI=1S/C21H21ClN4O3S/c1-28-18-5-3-2-4-17(18)25-10-12-26(13-11-25)19(27)14-29-21-20(23-30-24-21)15-6-8-16(22)9-7-15/h2-9H,10-14H2,1H3. The van der Waals surface area contributed by atoms with Crippen molar-refractivity contribution >= 4 is 34.9 Å². The van der Waals surface area contributed by atoms with Crippen LogP contribution >= 0.6 is 23.3 Å². The topological polar surface area (TPSA) is 67.8 Å². The highest BCUT2D eigenvalue weighted by Crippen LogP contribution is 2.30. The molecule has 1 saturated heterocycles. The molecule has 156 valence electrons. The zero-order chi connectivity index (χ0) is 20.9. The number of hydrogen-bond acceptors (Lipinski definition) is 7. The highest BCUT2D eigenvalue weighted by Gasteiger charge is 2.24. The predicted octanol–water partition coefficient (Wildman–Crippen LogP) is 3.59. The Morgan fingerprint density at radius 3 is 2.53 bits per heavy atom. The SMILES string of the molecule is COc1ccccc1N1CCN(C(=O)COc2nsnc2-c2ccc(Cl)cc2)CC1. The number of ether oxygens (including phenoxy) is 2. The van der Waals surface area contributed by atoms with E-state index in [2.05, 4.69) is 13.6 Å². The van der Waals surface area contributed by atoms with E-state index in [0.29, 0.717) is 29.7 Å². The van der Waals surface area contributed by atoms with Crippen LogP contribution in [-0.2, 0) is 4.79 Å². The minimum Gasteiger partial charge on any atom is -0.495 e. The Bertz CT molecular complexity index is 1000. The summed E-state index contributed by atoms with van der Waals surface area (Å²) in [5.74, 6) is 1.14. The zero-order valence-corrected chi connectivity index (χ0v) is 18.0. The molecule has 1 amide bonds. The van der Waals surface area contributed by atoms with Crippen molar-refractivity contribution in [3.05, 3.63) is 53.6 Å². The number of para-hydroxylation sites is 2. The number of amides is 1. The number of halogens is 1. The third-order valence-corrected chi connectivity index (χ3v) is 5.73. The molecule has 2 heterocycles. The van der Waals surface area contributed by atoms with Crippen molar-refractivity contribution in [1.82, 2.24) is 13.6 Å². The van der Waals surface area contributed by atoms with Crippen LogP contribution in [0.25, 0.3) is 11.3 Å². The zero-order valence-electron chi connectivity index (χ0n) is 16.5. The van der Waals surface area contributed by atoms with E-state index in [1.54, 1.807) is 19.2 Å². The summed E-state index contributed by atoms with van der Waals surface area (Å²) in [7, 11) is 1.67. The van der Waals surface area contributed by atoms with Gasteiger partial charge in [-0.1, -0.05) is 35.9 Å². The van der Waals surface area contributed by atoms with Gasteiger partial charge in [-0.3, -0.25) is 4.79 Å². The highest BCUT2D eigenvalue weighted by molar-refractivity contribution is 6.99. The Morgan fingerprint density at radius 2 is 1.80 bits per heavy atom. The number of anilines is 1. The van der Waals surface area contributed by atoms with Gasteiger partial charge >= 0.3 is 0 Å². The van der Waals surface area contributed by atoms with Gasteiger partial charge in [-0.25, -0.2) is 0 Å². The summed E-state index contributed by atoms with van der Waals surface area (Å²) in [6.07, 6.45) is 0. The first-order valence-electron chi connectivity index (χ1n) is 9.53. The molecule has 7 nitrogen and oxygen atoms in total. The van der Waals surface area contributed by atoms with Crippen molar-refractivity contribution in [2.75, 3.05) is 44.8 Å². The van der Waals surface area contributed by atoms with E-state index in [1.807, 2.05) is 41.3 Å². The lowest BCUT2D eigenvalue weighted by Gasteiger charge is -2.36. The number of rotatable bonds is 6. The third kappa shape index (κ3) is 4.49. The summed E-state index contributed by atoms with van der Waals surface area (Å²) in [4.78, 5) is 16.7. The van der Waals surface area contributed by atoms with Crippen LogP contribution in [-0.4, -0.2) is 59.4 Å². The van der Waals surface area contributed by atoms with E-state index in [1.165, 1.54) is 0 Å². The summed E-state index contributed by atoms with van der Waals surface area (Å²) >= 11 is 7.00. The smallest absolute Gasteiger partial charge is 0.260 e. The van der Waals surface area contributed by atoms with Gasteiger partial charge in [0.05, 0.1) is 24.5 Å². The predicted molar refractivity (Wildman–Crippen MR) is 118 cm³/mol. The second-order valence-electron chi connectivity index (χ2n) is 6.75. The van der Waals surface area contributed by atoms with Gasteiger partial charge < -0.3 is 19.3 Å². The lowest BCUT2D eigenvalue weighted by Crippen LogP contribution is -2.50. The molecule has 0 saturated carbocycles. The number of benzene rings is 2. The van der Waals surface area contributed by atoms with E-state index in [-0.39, 0.29) is 12.5 Å². The largest absolute Gasteiger partial charge is 0.495 e. The average molecular weight is 445 g/mol. The Kier molecular flexibility index (Phi) is 6.35. The van der Waals surface area contributed by atoms with E-state index in [4.69, 9.17) is 21.1 Å². The fraction of sp³-hybridized carbons (Fsp3) is 0.286. The van der Waals surface area contributed by atoms with Crippen molar-refractivity contribution < 1.29 is 14.3 Å². The first-order chi connectivity index (χ1) is 14.7. The number of nitrogens with zero attached hydrogens (tertiary/aromatic N) is 4. The summed E-state index contributed by atoms with van der Waals surface area (Å²) in [5, 5.41) is 0.645. The van der Waals surface area contributed by atoms with Crippen molar-refractivity contribution in [3.8, 4) is 22.9 Å². The van der Waals surface area contributed by atoms with Gasteiger partial charge in [-0.15, -0.1) is 4.37 Å². The second kappa shape index (κ2) is 9.32. The molecule has 0 N–H and O–H groups in total. The average Bonchev–Trinajstić information content (AvgIpc) is 3.26. The van der Waals surface area contributed by atoms with Gasteiger partial charge in [-0.05, 0) is 24.3 Å². The maximum Gasteiger partial charge on any atom is 0.260 e. The molecule has 0 unspecified atom stereocenters. The van der Waals surface area contributed by atoms with Crippen LogP contribution in [0.15, 0.2) is 48.5 Å². The van der Waals surface area contributed by atoms with Crippen molar-refractivity contribution in [3.63, 3.8) is 0 Å². The molecular formula is C21H21ClN4O3S. The van der Waals surface area contributed by atoms with Crippen LogP contribution < -0.4 is 14.4 Å². The van der Waals surface area contributed by atoms with Crippen molar-refractivity contribution in [2.24, 2.45) is 0 Å². The fourth-order valence-electron chi connectivity index (χ4n) is 3.37. The molecule has 0 aliphatic carbocycles. The number of carbonyl (C=O) groups is 1. The first kappa shape index (κ1) is 20.4. The van der Waals surface area contributed by atoms with Crippen molar-refractivity contribution in [2.45, 2.75) is 0 Å². The molecule has 1 aromatic heterocycles. The highest BCUT2D eigenvalue weighted by atomic mass is 35.5. The molecule has 0 spiro atoms. The number of aromatic nitrogens is 2. The molecule has 0 bridgehead atoms. The minimum absolute atomic E-state index is 0.0651. The van der Waals surface area contributed by atoms with Crippen LogP contribution in [0.3, 0.4) is 0 Å². The molecule has 0 atom stereocenters. The van der Waals surface area contributed by atoms with Gasteiger partial charge in [0.1, 0.15) is 11.4 Å². The van der Waals surface area contributed by atoms with Gasteiger partial charge in [-0.2, -0.15) is 4.37 Å². The summed E-state index contributed by atoms with van der Waals surface area (Å²) in [6.45, 7) is 2.65. The fourth-order valence-corrected chi connectivity index (χ4v) is 4.01. The second-order valence-corrected chi connectivity index (χ2v) is 7.72. The lowest BCUT2D eigenvalue weighted by molar-refractivity contribution is -0.133. The summed E-state index contributed by atoms with van der Waals surface area (Å²) in [5.41, 5.74) is 2.51. The molecule has 30 heavy (non-hydrogen) atoms. The van der Waals surface area contributed by atoms with Crippen LogP contribution in [0.1, 0.15) is 0 Å². The third-order valence-electron chi connectivity index (χ3n) is 4.97. The van der Waals surface area contributed by atoms with E-state index >= 15 is 0 Å². The number of carbonyl (C=O) groups excluding carboxylic acids is 1. The van der Waals surface area contributed by atoms with Crippen molar-refractivity contribution in [1.29, 1.82) is 0 Å². The normalized spacial score (nSPS) is 13.9. The van der Waals surface area contributed by atoms with Crippen LogP contribution in [0, 0.1) is 0 Å². The molecule has 4 rings (SSSR count). The summed E-state index contributed by atoms with van der Waals surface area (Å²) < 4.78 is 19.6. The molecule has 1 aliphatic rings. The minimum atomic E-state index is -0.0688. The van der Waals surface area contributed by atoms with E-state index in [9.17, 15) is 4.79 Å². The first-order valence-corrected chi connectivity index (χ1v) is 10.6.